The molecule has 0 heterocycles. The third-order valence-electron chi connectivity index (χ3n) is 2.21. The summed E-state index contributed by atoms with van der Waals surface area (Å²) in [5.74, 6) is 1.24. The van der Waals surface area contributed by atoms with Gasteiger partial charge in [-0.2, -0.15) is 11.8 Å². The van der Waals surface area contributed by atoms with E-state index in [0.29, 0.717) is 6.04 Å². The van der Waals surface area contributed by atoms with E-state index in [9.17, 15) is 0 Å². The van der Waals surface area contributed by atoms with Crippen molar-refractivity contribution in [1.29, 1.82) is 0 Å². The first-order chi connectivity index (χ1) is 5.72. The Morgan fingerprint density at radius 3 is 2.67 bits per heavy atom. The number of rotatable bonds is 7. The third kappa shape index (κ3) is 5.86. The van der Waals surface area contributed by atoms with Crippen molar-refractivity contribution in [3.63, 3.8) is 0 Å². The Balaban J connectivity index is 3.39. The van der Waals surface area contributed by atoms with Crippen molar-refractivity contribution >= 4 is 11.8 Å². The lowest BCUT2D eigenvalue weighted by Gasteiger charge is -2.24. The van der Waals surface area contributed by atoms with Gasteiger partial charge in [0.05, 0.1) is 0 Å². The topological polar surface area (TPSA) is 15.3 Å². The largest absolute Gasteiger partial charge is 0.320 e. The molecular formula is C9H22N2S. The molecule has 1 N–H and O–H groups in total. The number of nitrogens with one attached hydrogen (secondary N) is 1. The maximum Gasteiger partial charge on any atom is 0.00762 e. The number of hydrogen-bond acceptors (Lipinski definition) is 3. The van der Waals surface area contributed by atoms with Crippen LogP contribution in [0.4, 0.5) is 0 Å². The van der Waals surface area contributed by atoms with Gasteiger partial charge in [-0.15, -0.1) is 0 Å². The number of nitrogens with zero attached hydrogens (tertiary/aromatic N) is 1. The fourth-order valence-corrected chi connectivity index (χ4v) is 1.50. The molecule has 0 spiro atoms. The van der Waals surface area contributed by atoms with Crippen molar-refractivity contribution in [2.24, 2.45) is 0 Å². The Labute approximate surface area is 81.1 Å². The standard InChI is InChI=1S/C9H22N2S/c1-9(5-6-10-2)11(3)7-8-12-4/h9-10H,5-8H2,1-4H3. The first kappa shape index (κ1) is 12.3. The second-order valence-electron chi connectivity index (χ2n) is 3.21. The molecule has 0 bridgehead atoms. The number of thioether (sulfide) groups is 1. The zero-order valence-corrected chi connectivity index (χ0v) is 9.58. The Bertz CT molecular complexity index is 86.5. The SMILES string of the molecule is CNCCC(C)N(C)CCSC. The summed E-state index contributed by atoms with van der Waals surface area (Å²) >= 11 is 1.91. The minimum atomic E-state index is 0.699. The van der Waals surface area contributed by atoms with Gasteiger partial charge in [-0.05, 0) is 40.2 Å². The molecule has 0 rings (SSSR count). The van der Waals surface area contributed by atoms with Gasteiger partial charge in [-0.1, -0.05) is 0 Å². The van der Waals surface area contributed by atoms with Crippen LogP contribution in [0.15, 0.2) is 0 Å². The minimum Gasteiger partial charge on any atom is -0.320 e. The smallest absolute Gasteiger partial charge is 0.00762 e. The van der Waals surface area contributed by atoms with E-state index in [4.69, 9.17) is 0 Å². The van der Waals surface area contributed by atoms with E-state index in [1.165, 1.54) is 18.7 Å². The van der Waals surface area contributed by atoms with Crippen LogP contribution in [0.1, 0.15) is 13.3 Å². The van der Waals surface area contributed by atoms with Gasteiger partial charge in [0, 0.05) is 18.3 Å². The quantitative estimate of drug-likeness (QED) is 0.651. The summed E-state index contributed by atoms with van der Waals surface area (Å²) in [6.07, 6.45) is 3.40. The van der Waals surface area contributed by atoms with Crippen LogP contribution in [-0.2, 0) is 0 Å². The fraction of sp³-hybridized carbons (Fsp3) is 1.00. The second-order valence-corrected chi connectivity index (χ2v) is 4.20. The molecule has 0 amide bonds. The molecule has 0 radical (unpaired) electrons. The van der Waals surface area contributed by atoms with E-state index in [1.54, 1.807) is 0 Å². The molecule has 0 aliphatic carbocycles. The molecule has 0 saturated heterocycles. The van der Waals surface area contributed by atoms with Crippen LogP contribution < -0.4 is 5.32 Å². The summed E-state index contributed by atoms with van der Waals surface area (Å²) in [7, 11) is 4.21. The van der Waals surface area contributed by atoms with Gasteiger partial charge in [0.15, 0.2) is 0 Å². The lowest BCUT2D eigenvalue weighted by Crippen LogP contribution is -2.33. The molecular weight excluding hydrogens is 168 g/mol. The number of hydrogen-bond donors (Lipinski definition) is 1. The van der Waals surface area contributed by atoms with E-state index in [0.717, 1.165) is 6.54 Å². The van der Waals surface area contributed by atoms with Crippen LogP contribution in [0.5, 0.6) is 0 Å². The van der Waals surface area contributed by atoms with Crippen LogP contribution in [0.3, 0.4) is 0 Å². The summed E-state index contributed by atoms with van der Waals surface area (Å²) in [5, 5.41) is 3.18. The molecule has 0 aromatic rings. The predicted octanol–water partition coefficient (Wildman–Crippen LogP) is 1.28. The molecule has 1 atom stereocenters. The van der Waals surface area contributed by atoms with Crippen LogP contribution in [0.25, 0.3) is 0 Å². The summed E-state index contributed by atoms with van der Waals surface area (Å²) in [4.78, 5) is 2.42. The van der Waals surface area contributed by atoms with Crippen molar-refractivity contribution in [2.75, 3.05) is 39.2 Å². The van der Waals surface area contributed by atoms with Gasteiger partial charge in [0.2, 0.25) is 0 Å². The molecule has 0 aliphatic rings. The van der Waals surface area contributed by atoms with E-state index in [1.807, 2.05) is 18.8 Å². The van der Waals surface area contributed by atoms with Crippen molar-refractivity contribution in [3.05, 3.63) is 0 Å². The van der Waals surface area contributed by atoms with Gasteiger partial charge < -0.3 is 10.2 Å². The lowest BCUT2D eigenvalue weighted by atomic mass is 10.2. The van der Waals surface area contributed by atoms with Gasteiger partial charge in [0.25, 0.3) is 0 Å². The summed E-state index contributed by atoms with van der Waals surface area (Å²) in [6.45, 7) is 4.61. The molecule has 0 aliphatic heterocycles. The molecule has 0 aromatic carbocycles. The van der Waals surface area contributed by atoms with Gasteiger partial charge in [0.1, 0.15) is 0 Å². The van der Waals surface area contributed by atoms with Crippen molar-refractivity contribution < 1.29 is 0 Å². The minimum absolute atomic E-state index is 0.699. The van der Waals surface area contributed by atoms with Crippen LogP contribution >= 0.6 is 11.8 Å². The predicted molar refractivity (Wildman–Crippen MR) is 59.0 cm³/mol. The molecule has 0 aromatic heterocycles. The molecule has 3 heteroatoms. The third-order valence-corrected chi connectivity index (χ3v) is 2.80. The molecule has 1 unspecified atom stereocenters. The van der Waals surface area contributed by atoms with Crippen molar-refractivity contribution in [3.8, 4) is 0 Å². The molecule has 2 nitrogen and oxygen atoms in total. The first-order valence-electron chi connectivity index (χ1n) is 4.56. The van der Waals surface area contributed by atoms with Crippen LogP contribution in [0.2, 0.25) is 0 Å². The van der Waals surface area contributed by atoms with Gasteiger partial charge in [-0.3, -0.25) is 0 Å². The Kier molecular flexibility index (Phi) is 8.07. The average molecular weight is 190 g/mol. The zero-order chi connectivity index (χ0) is 9.40. The highest BCUT2D eigenvalue weighted by Crippen LogP contribution is 2.01. The monoisotopic (exact) mass is 190 g/mol. The summed E-state index contributed by atoms with van der Waals surface area (Å²) in [5.41, 5.74) is 0. The Morgan fingerprint density at radius 2 is 2.17 bits per heavy atom. The Hall–Kier alpha value is 0.270. The highest BCUT2D eigenvalue weighted by atomic mass is 32.2. The second kappa shape index (κ2) is 7.90. The molecule has 12 heavy (non-hydrogen) atoms. The lowest BCUT2D eigenvalue weighted by molar-refractivity contribution is 0.260. The highest BCUT2D eigenvalue weighted by molar-refractivity contribution is 7.98. The van der Waals surface area contributed by atoms with E-state index in [2.05, 4.69) is 30.4 Å². The van der Waals surface area contributed by atoms with E-state index >= 15 is 0 Å². The summed E-state index contributed by atoms with van der Waals surface area (Å²) < 4.78 is 0. The van der Waals surface area contributed by atoms with Gasteiger partial charge >= 0.3 is 0 Å². The van der Waals surface area contributed by atoms with Crippen molar-refractivity contribution in [1.82, 2.24) is 10.2 Å². The zero-order valence-electron chi connectivity index (χ0n) is 8.76. The first-order valence-corrected chi connectivity index (χ1v) is 5.95. The summed E-state index contributed by atoms with van der Waals surface area (Å²) in [6, 6.07) is 0.699. The van der Waals surface area contributed by atoms with Crippen LogP contribution in [-0.4, -0.2) is 50.1 Å². The highest BCUT2D eigenvalue weighted by Gasteiger charge is 2.06. The normalized spacial score (nSPS) is 13.8. The fourth-order valence-electron chi connectivity index (χ4n) is 1.03. The molecule has 0 saturated carbocycles. The maximum absolute atomic E-state index is 3.18. The van der Waals surface area contributed by atoms with E-state index in [-0.39, 0.29) is 0 Å². The van der Waals surface area contributed by atoms with Gasteiger partial charge in [-0.25, -0.2) is 0 Å². The maximum atomic E-state index is 3.18. The Morgan fingerprint density at radius 1 is 1.50 bits per heavy atom. The molecule has 0 fully saturated rings. The average Bonchev–Trinajstić information content (AvgIpc) is 2.10. The van der Waals surface area contributed by atoms with Crippen molar-refractivity contribution in [2.45, 2.75) is 19.4 Å². The van der Waals surface area contributed by atoms with E-state index < -0.39 is 0 Å². The molecule has 74 valence electrons. The van der Waals surface area contributed by atoms with Crippen LogP contribution in [0, 0.1) is 0 Å².